The lowest BCUT2D eigenvalue weighted by Crippen LogP contribution is -2.37. The van der Waals surface area contributed by atoms with Gasteiger partial charge in [0.2, 0.25) is 0 Å². The second-order valence-electron chi connectivity index (χ2n) is 4.34. The summed E-state index contributed by atoms with van der Waals surface area (Å²) in [6.07, 6.45) is 1.97. The summed E-state index contributed by atoms with van der Waals surface area (Å²) in [4.78, 5) is 17.3. The number of carboxylic acids is 1. The third-order valence-corrected chi connectivity index (χ3v) is 3.17. The Hall–Kier alpha value is -1.62. The second kappa shape index (κ2) is 7.74. The van der Waals surface area contributed by atoms with Gasteiger partial charge >= 0.3 is 5.97 Å². The van der Waals surface area contributed by atoms with Crippen molar-refractivity contribution in [3.63, 3.8) is 0 Å². The van der Waals surface area contributed by atoms with E-state index in [1.54, 1.807) is 13.2 Å². The monoisotopic (exact) mass is 266 g/mol. The summed E-state index contributed by atoms with van der Waals surface area (Å²) in [5, 5.41) is 9.01. The second-order valence-corrected chi connectivity index (χ2v) is 4.34. The van der Waals surface area contributed by atoms with Gasteiger partial charge in [0, 0.05) is 19.7 Å². The van der Waals surface area contributed by atoms with E-state index in [0.717, 1.165) is 12.8 Å². The smallest absolute Gasteiger partial charge is 0.354 e. The third-order valence-electron chi connectivity index (χ3n) is 3.17. The molecule has 5 nitrogen and oxygen atoms in total. The van der Waals surface area contributed by atoms with E-state index in [1.165, 1.54) is 6.07 Å². The highest BCUT2D eigenvalue weighted by atomic mass is 16.5. The van der Waals surface area contributed by atoms with Crippen LogP contribution >= 0.6 is 0 Å². The Balaban J connectivity index is 3.01. The molecule has 5 heteroatoms. The van der Waals surface area contributed by atoms with Crippen molar-refractivity contribution >= 4 is 11.8 Å². The van der Waals surface area contributed by atoms with Crippen molar-refractivity contribution in [3.8, 4) is 0 Å². The van der Waals surface area contributed by atoms with E-state index < -0.39 is 5.97 Å². The summed E-state index contributed by atoms with van der Waals surface area (Å²) >= 11 is 0. The molecule has 0 aromatic carbocycles. The number of hydrogen-bond donors (Lipinski definition) is 1. The standard InChI is InChI=1S/C14H22N2O3/c1-4-11(5-2)16(9-10-19-3)13-8-6-7-12(15-13)14(17)18/h6-8,11H,4-5,9-10H2,1-3H3,(H,17,18). The number of methoxy groups -OCH3 is 1. The molecule has 0 saturated heterocycles. The van der Waals surface area contributed by atoms with Crippen molar-refractivity contribution in [2.75, 3.05) is 25.2 Å². The SMILES string of the molecule is CCC(CC)N(CCOC)c1cccc(C(=O)O)n1. The fourth-order valence-corrected chi connectivity index (χ4v) is 2.11. The number of carboxylic acid groups (broad SMARTS) is 1. The molecule has 0 aliphatic rings. The fourth-order valence-electron chi connectivity index (χ4n) is 2.11. The summed E-state index contributed by atoms with van der Waals surface area (Å²) in [6, 6.07) is 5.42. The normalized spacial score (nSPS) is 10.7. The Morgan fingerprint density at radius 1 is 1.42 bits per heavy atom. The molecular formula is C14H22N2O3. The topological polar surface area (TPSA) is 62.7 Å². The van der Waals surface area contributed by atoms with Crippen molar-refractivity contribution in [2.24, 2.45) is 0 Å². The van der Waals surface area contributed by atoms with Crippen LogP contribution in [0.2, 0.25) is 0 Å². The molecule has 0 aliphatic heterocycles. The van der Waals surface area contributed by atoms with Gasteiger partial charge in [-0.1, -0.05) is 19.9 Å². The summed E-state index contributed by atoms with van der Waals surface area (Å²) in [7, 11) is 1.66. The van der Waals surface area contributed by atoms with E-state index in [0.29, 0.717) is 25.0 Å². The lowest BCUT2D eigenvalue weighted by Gasteiger charge is -2.31. The Labute approximate surface area is 114 Å². The van der Waals surface area contributed by atoms with Crippen LogP contribution in [-0.4, -0.2) is 42.4 Å². The van der Waals surface area contributed by atoms with E-state index in [-0.39, 0.29) is 5.69 Å². The van der Waals surface area contributed by atoms with Crippen molar-refractivity contribution < 1.29 is 14.6 Å². The summed E-state index contributed by atoms with van der Waals surface area (Å²) in [5.41, 5.74) is 0.0749. The van der Waals surface area contributed by atoms with Gasteiger partial charge in [-0.05, 0) is 25.0 Å². The Morgan fingerprint density at radius 2 is 2.11 bits per heavy atom. The minimum atomic E-state index is -1.00. The molecule has 0 amide bonds. The number of ether oxygens (including phenoxy) is 1. The molecule has 19 heavy (non-hydrogen) atoms. The molecule has 0 atom stereocenters. The van der Waals surface area contributed by atoms with Crippen LogP contribution in [0.1, 0.15) is 37.2 Å². The van der Waals surface area contributed by atoms with Gasteiger partial charge in [0.1, 0.15) is 5.82 Å². The van der Waals surface area contributed by atoms with E-state index in [4.69, 9.17) is 9.84 Å². The number of anilines is 1. The highest BCUT2D eigenvalue weighted by molar-refractivity contribution is 5.85. The van der Waals surface area contributed by atoms with Crippen molar-refractivity contribution in [1.82, 2.24) is 4.98 Å². The highest BCUT2D eigenvalue weighted by Crippen LogP contribution is 2.18. The molecule has 106 valence electrons. The first kappa shape index (κ1) is 15.4. The number of aromatic nitrogens is 1. The molecule has 1 heterocycles. The lowest BCUT2D eigenvalue weighted by molar-refractivity contribution is 0.0690. The first-order valence-corrected chi connectivity index (χ1v) is 6.59. The van der Waals surface area contributed by atoms with Crippen LogP contribution in [0.4, 0.5) is 5.82 Å². The van der Waals surface area contributed by atoms with Crippen LogP contribution in [0.5, 0.6) is 0 Å². The number of rotatable bonds is 8. The minimum absolute atomic E-state index is 0.0749. The van der Waals surface area contributed by atoms with Crippen molar-refractivity contribution in [1.29, 1.82) is 0 Å². The Bertz CT molecular complexity index is 405. The minimum Gasteiger partial charge on any atom is -0.477 e. The molecule has 0 aliphatic carbocycles. The number of aromatic carboxylic acids is 1. The highest BCUT2D eigenvalue weighted by Gasteiger charge is 2.17. The van der Waals surface area contributed by atoms with Crippen molar-refractivity contribution in [2.45, 2.75) is 32.7 Å². The summed E-state index contributed by atoms with van der Waals surface area (Å²) < 4.78 is 5.12. The molecule has 1 rings (SSSR count). The van der Waals surface area contributed by atoms with Crippen LogP contribution in [-0.2, 0) is 4.74 Å². The first-order valence-electron chi connectivity index (χ1n) is 6.59. The zero-order valence-electron chi connectivity index (χ0n) is 11.8. The zero-order chi connectivity index (χ0) is 14.3. The number of pyridine rings is 1. The van der Waals surface area contributed by atoms with Gasteiger partial charge in [-0.25, -0.2) is 9.78 Å². The molecule has 0 unspecified atom stereocenters. The van der Waals surface area contributed by atoms with E-state index >= 15 is 0 Å². The van der Waals surface area contributed by atoms with Crippen LogP contribution in [0.15, 0.2) is 18.2 Å². The molecule has 0 radical (unpaired) electrons. The quantitative estimate of drug-likeness (QED) is 0.783. The first-order chi connectivity index (χ1) is 9.13. The molecular weight excluding hydrogens is 244 g/mol. The predicted octanol–water partition coefficient (Wildman–Crippen LogP) is 2.42. The number of nitrogens with zero attached hydrogens (tertiary/aromatic N) is 2. The van der Waals surface area contributed by atoms with E-state index in [1.807, 2.05) is 6.07 Å². The van der Waals surface area contributed by atoms with Gasteiger partial charge in [-0.3, -0.25) is 0 Å². The van der Waals surface area contributed by atoms with Crippen LogP contribution in [0.25, 0.3) is 0 Å². The third kappa shape index (κ3) is 4.21. The molecule has 0 spiro atoms. The molecule has 0 bridgehead atoms. The average molecular weight is 266 g/mol. The van der Waals surface area contributed by atoms with Gasteiger partial charge in [0.25, 0.3) is 0 Å². The molecule has 0 saturated carbocycles. The van der Waals surface area contributed by atoms with Gasteiger partial charge in [-0.15, -0.1) is 0 Å². The van der Waals surface area contributed by atoms with Crippen LogP contribution in [0.3, 0.4) is 0 Å². The lowest BCUT2D eigenvalue weighted by atomic mass is 10.1. The van der Waals surface area contributed by atoms with E-state index in [2.05, 4.69) is 23.7 Å². The summed E-state index contributed by atoms with van der Waals surface area (Å²) in [6.45, 7) is 5.54. The van der Waals surface area contributed by atoms with Gasteiger partial charge < -0.3 is 14.7 Å². The maximum absolute atomic E-state index is 11.0. The maximum Gasteiger partial charge on any atom is 0.354 e. The maximum atomic E-state index is 11.0. The predicted molar refractivity (Wildman–Crippen MR) is 74.8 cm³/mol. The van der Waals surface area contributed by atoms with Gasteiger partial charge in [0.05, 0.1) is 6.61 Å². The Morgan fingerprint density at radius 3 is 2.63 bits per heavy atom. The van der Waals surface area contributed by atoms with Crippen molar-refractivity contribution in [3.05, 3.63) is 23.9 Å². The Kier molecular flexibility index (Phi) is 6.29. The fraction of sp³-hybridized carbons (Fsp3) is 0.571. The zero-order valence-corrected chi connectivity index (χ0v) is 11.8. The average Bonchev–Trinajstić information content (AvgIpc) is 2.43. The van der Waals surface area contributed by atoms with Crippen LogP contribution < -0.4 is 4.90 Å². The van der Waals surface area contributed by atoms with Gasteiger partial charge in [-0.2, -0.15) is 0 Å². The summed E-state index contributed by atoms with van der Waals surface area (Å²) in [5.74, 6) is -0.302. The van der Waals surface area contributed by atoms with Gasteiger partial charge in [0.15, 0.2) is 5.69 Å². The molecule has 1 aromatic heterocycles. The molecule has 1 N–H and O–H groups in total. The largest absolute Gasteiger partial charge is 0.477 e. The molecule has 0 fully saturated rings. The molecule has 1 aromatic rings. The van der Waals surface area contributed by atoms with E-state index in [9.17, 15) is 4.79 Å². The number of hydrogen-bond acceptors (Lipinski definition) is 4. The van der Waals surface area contributed by atoms with Crippen LogP contribution in [0, 0.1) is 0 Å². The number of carbonyl (C=O) groups is 1.